The van der Waals surface area contributed by atoms with Gasteiger partial charge in [-0.25, -0.2) is 0 Å². The summed E-state index contributed by atoms with van der Waals surface area (Å²) in [4.78, 5) is 36.0. The van der Waals surface area contributed by atoms with Gasteiger partial charge in [-0.05, 0) is 71.7 Å². The second kappa shape index (κ2) is 10.3. The number of carbonyl (C=O) groups excluding carboxylic acids is 2. The molecule has 0 bridgehead atoms. The topological polar surface area (TPSA) is 87.3 Å². The van der Waals surface area contributed by atoms with Gasteiger partial charge < -0.3 is 19.9 Å². The van der Waals surface area contributed by atoms with Gasteiger partial charge in [-0.2, -0.15) is 0 Å². The molecule has 2 atom stereocenters. The second-order valence-corrected chi connectivity index (χ2v) is 10.7. The molecule has 7 heteroatoms. The zero-order chi connectivity index (χ0) is 26.9. The molecular weight excluding hydrogens is 476 g/mol. The summed E-state index contributed by atoms with van der Waals surface area (Å²) in [5.41, 5.74) is 5.11. The first kappa shape index (κ1) is 25.5. The Balaban J connectivity index is 1.33. The van der Waals surface area contributed by atoms with Crippen LogP contribution in [0.1, 0.15) is 43.0 Å². The predicted molar refractivity (Wildman–Crippen MR) is 149 cm³/mol. The number of benzene rings is 2. The van der Waals surface area contributed by atoms with Crippen LogP contribution in [0.2, 0.25) is 0 Å². The standard InChI is InChI=1S/C31H34N4O3/c1-20-29(24-9-5-6-10-26(24)33-20)30-25(31(30,2)3)16-28(37)35(18-21-8-7-15-32-17-21)19-27(36)34-22-11-13-23(38-4)14-12-22/h5-15,17,25,30,33H,16,18-19H2,1-4H3,(H,34,36). The monoisotopic (exact) mass is 510 g/mol. The molecule has 1 aliphatic carbocycles. The van der Waals surface area contributed by atoms with E-state index >= 15 is 0 Å². The number of hydrogen-bond acceptors (Lipinski definition) is 4. The zero-order valence-electron chi connectivity index (χ0n) is 22.3. The van der Waals surface area contributed by atoms with Gasteiger partial charge in [-0.1, -0.05) is 38.1 Å². The molecule has 0 saturated heterocycles. The Bertz CT molecular complexity index is 1440. The number of nitrogens with zero attached hydrogens (tertiary/aromatic N) is 2. The van der Waals surface area contributed by atoms with Crippen molar-refractivity contribution >= 4 is 28.4 Å². The summed E-state index contributed by atoms with van der Waals surface area (Å²) < 4.78 is 5.19. The lowest BCUT2D eigenvalue weighted by molar-refractivity contribution is -0.135. The van der Waals surface area contributed by atoms with E-state index in [0.29, 0.717) is 24.4 Å². The number of ether oxygens (including phenoxy) is 1. The van der Waals surface area contributed by atoms with Crippen LogP contribution in [0, 0.1) is 18.3 Å². The maximum Gasteiger partial charge on any atom is 0.244 e. The van der Waals surface area contributed by atoms with E-state index in [-0.39, 0.29) is 35.6 Å². The van der Waals surface area contributed by atoms with E-state index < -0.39 is 0 Å². The van der Waals surface area contributed by atoms with E-state index in [1.165, 1.54) is 10.9 Å². The molecule has 4 aromatic rings. The van der Waals surface area contributed by atoms with Crippen LogP contribution in [0.4, 0.5) is 5.69 Å². The van der Waals surface area contributed by atoms with E-state index in [9.17, 15) is 9.59 Å². The third-order valence-corrected chi connectivity index (χ3v) is 7.86. The number of hydrogen-bond donors (Lipinski definition) is 2. The largest absolute Gasteiger partial charge is 0.497 e. The Morgan fingerprint density at radius 2 is 1.84 bits per heavy atom. The fourth-order valence-corrected chi connectivity index (χ4v) is 5.71. The van der Waals surface area contributed by atoms with Crippen LogP contribution in [0.5, 0.6) is 5.75 Å². The number of fused-ring (bicyclic) bond motifs is 1. The van der Waals surface area contributed by atoms with E-state index in [2.05, 4.69) is 54.3 Å². The first-order valence-electron chi connectivity index (χ1n) is 13.0. The van der Waals surface area contributed by atoms with E-state index in [1.807, 2.05) is 18.2 Å². The predicted octanol–water partition coefficient (Wildman–Crippen LogP) is 5.68. The number of anilines is 1. The number of nitrogens with one attached hydrogen (secondary N) is 2. The summed E-state index contributed by atoms with van der Waals surface area (Å²) in [7, 11) is 1.60. The SMILES string of the molecule is COc1ccc(NC(=O)CN(Cc2cccnc2)C(=O)CC2C(c3c(C)[nH]c4ccccc34)C2(C)C)cc1. The first-order chi connectivity index (χ1) is 18.3. The highest BCUT2D eigenvalue weighted by Crippen LogP contribution is 2.67. The number of para-hydroxylation sites is 1. The molecule has 196 valence electrons. The highest BCUT2D eigenvalue weighted by molar-refractivity contribution is 5.94. The number of H-pyrrole nitrogens is 1. The molecule has 1 fully saturated rings. The van der Waals surface area contributed by atoms with Crippen LogP contribution in [0.15, 0.2) is 73.1 Å². The van der Waals surface area contributed by atoms with E-state index in [4.69, 9.17) is 4.74 Å². The average Bonchev–Trinajstić information content (AvgIpc) is 3.26. The fourth-order valence-electron chi connectivity index (χ4n) is 5.71. The first-order valence-corrected chi connectivity index (χ1v) is 13.0. The highest BCUT2D eigenvalue weighted by atomic mass is 16.5. The summed E-state index contributed by atoms with van der Waals surface area (Å²) in [6, 6.07) is 19.3. The van der Waals surface area contributed by atoms with Gasteiger partial charge in [0.1, 0.15) is 12.3 Å². The van der Waals surface area contributed by atoms with Crippen molar-refractivity contribution in [2.45, 2.75) is 39.7 Å². The van der Waals surface area contributed by atoms with Gasteiger partial charge in [0, 0.05) is 47.6 Å². The normalized spacial score (nSPS) is 17.7. The quantitative estimate of drug-likeness (QED) is 0.303. The van der Waals surface area contributed by atoms with Crippen molar-refractivity contribution in [2.24, 2.45) is 11.3 Å². The van der Waals surface area contributed by atoms with Crippen LogP contribution in [0.3, 0.4) is 0 Å². The van der Waals surface area contributed by atoms with Crippen molar-refractivity contribution in [3.8, 4) is 5.75 Å². The number of rotatable bonds is 9. The number of carbonyl (C=O) groups is 2. The van der Waals surface area contributed by atoms with Crippen LogP contribution >= 0.6 is 0 Å². The lowest BCUT2D eigenvalue weighted by atomic mass is 10.0. The van der Waals surface area contributed by atoms with Crippen molar-refractivity contribution in [1.82, 2.24) is 14.9 Å². The van der Waals surface area contributed by atoms with Crippen LogP contribution < -0.4 is 10.1 Å². The molecule has 7 nitrogen and oxygen atoms in total. The summed E-state index contributed by atoms with van der Waals surface area (Å²) in [6.45, 7) is 6.87. The average molecular weight is 511 g/mol. The molecule has 0 aliphatic heterocycles. The molecule has 2 aromatic carbocycles. The molecule has 2 N–H and O–H groups in total. The minimum atomic E-state index is -0.244. The summed E-state index contributed by atoms with van der Waals surface area (Å²) >= 11 is 0. The van der Waals surface area contributed by atoms with Gasteiger partial charge in [-0.3, -0.25) is 14.6 Å². The maximum atomic E-state index is 13.7. The van der Waals surface area contributed by atoms with Gasteiger partial charge in [0.05, 0.1) is 7.11 Å². The Hall–Kier alpha value is -4.13. The molecular formula is C31H34N4O3. The summed E-state index contributed by atoms with van der Waals surface area (Å²) in [5, 5.41) is 4.13. The van der Waals surface area contributed by atoms with Crippen molar-refractivity contribution in [2.75, 3.05) is 19.0 Å². The molecule has 2 aromatic heterocycles. The Labute approximate surface area is 223 Å². The van der Waals surface area contributed by atoms with Crippen LogP contribution in [-0.2, 0) is 16.1 Å². The molecule has 0 spiro atoms. The summed E-state index contributed by atoms with van der Waals surface area (Å²) in [6.07, 6.45) is 3.82. The second-order valence-electron chi connectivity index (χ2n) is 10.7. The Morgan fingerprint density at radius 3 is 2.55 bits per heavy atom. The molecule has 2 heterocycles. The summed E-state index contributed by atoms with van der Waals surface area (Å²) in [5.74, 6) is 0.900. The maximum absolute atomic E-state index is 13.7. The fraction of sp³-hybridized carbons (Fsp3) is 0.323. The Kier molecular flexibility index (Phi) is 6.93. The zero-order valence-corrected chi connectivity index (χ0v) is 22.3. The lowest BCUT2D eigenvalue weighted by Gasteiger charge is -2.23. The number of methoxy groups -OCH3 is 1. The van der Waals surface area contributed by atoms with Crippen molar-refractivity contribution in [1.29, 1.82) is 0 Å². The third kappa shape index (κ3) is 5.14. The molecule has 2 unspecified atom stereocenters. The molecule has 38 heavy (non-hydrogen) atoms. The third-order valence-electron chi connectivity index (χ3n) is 7.86. The molecule has 1 aliphatic rings. The van der Waals surface area contributed by atoms with Crippen molar-refractivity contribution in [3.05, 3.63) is 89.9 Å². The Morgan fingerprint density at radius 1 is 1.08 bits per heavy atom. The van der Waals surface area contributed by atoms with Gasteiger partial charge in [0.2, 0.25) is 11.8 Å². The minimum Gasteiger partial charge on any atom is -0.497 e. The van der Waals surface area contributed by atoms with Crippen LogP contribution in [-0.4, -0.2) is 40.3 Å². The van der Waals surface area contributed by atoms with Crippen LogP contribution in [0.25, 0.3) is 10.9 Å². The van der Waals surface area contributed by atoms with Gasteiger partial charge in [0.25, 0.3) is 0 Å². The van der Waals surface area contributed by atoms with E-state index in [0.717, 1.165) is 16.8 Å². The molecule has 5 rings (SSSR count). The van der Waals surface area contributed by atoms with Gasteiger partial charge in [-0.15, -0.1) is 0 Å². The van der Waals surface area contributed by atoms with Crippen molar-refractivity contribution in [3.63, 3.8) is 0 Å². The highest BCUT2D eigenvalue weighted by Gasteiger charge is 2.59. The number of amides is 2. The smallest absolute Gasteiger partial charge is 0.244 e. The van der Waals surface area contributed by atoms with Crippen molar-refractivity contribution < 1.29 is 14.3 Å². The van der Waals surface area contributed by atoms with Gasteiger partial charge >= 0.3 is 0 Å². The minimum absolute atomic E-state index is 0.0172. The molecule has 0 radical (unpaired) electrons. The molecule has 2 amide bonds. The number of aromatic nitrogens is 2. The number of aromatic amines is 1. The number of aryl methyl sites for hydroxylation is 1. The van der Waals surface area contributed by atoms with Gasteiger partial charge in [0.15, 0.2) is 0 Å². The lowest BCUT2D eigenvalue weighted by Crippen LogP contribution is -2.38. The number of pyridine rings is 1. The molecule has 1 saturated carbocycles. The van der Waals surface area contributed by atoms with E-state index in [1.54, 1.807) is 48.7 Å².